The number of hydrogen-bond donors (Lipinski definition) is 1. The fourth-order valence-electron chi connectivity index (χ4n) is 1.73. The average Bonchev–Trinajstić information content (AvgIpc) is 2.17. The second-order valence-electron chi connectivity index (χ2n) is 3.34. The van der Waals surface area contributed by atoms with Crippen molar-refractivity contribution in [3.63, 3.8) is 0 Å². The third-order valence-corrected chi connectivity index (χ3v) is 3.09. The van der Waals surface area contributed by atoms with E-state index in [2.05, 4.69) is 0 Å². The van der Waals surface area contributed by atoms with E-state index in [9.17, 15) is 9.00 Å². The van der Waals surface area contributed by atoms with Gasteiger partial charge in [0.05, 0.1) is 4.90 Å². The monoisotopic (exact) mass is 210 g/mol. The van der Waals surface area contributed by atoms with Crippen LogP contribution in [0, 0.1) is 0 Å². The van der Waals surface area contributed by atoms with Crippen molar-refractivity contribution in [2.24, 2.45) is 0 Å². The number of Topliss-reactive ketones (excluding diaryl/α,β-unsaturated/α-hetero) is 1. The van der Waals surface area contributed by atoms with Crippen molar-refractivity contribution in [2.75, 3.05) is 0 Å². The number of fused-ring (bicyclic) bond motifs is 1. The summed E-state index contributed by atoms with van der Waals surface area (Å²) >= 11 is -1.95. The standard InChI is InChI=1S/C10H10O3S/c11-10-3-1-2-7-6-8(14(12)13)4-5-9(7)10/h4-6H,1-3H2,(H,12,13). The second kappa shape index (κ2) is 3.63. The molecule has 0 bridgehead atoms. The fourth-order valence-corrected chi connectivity index (χ4v) is 2.16. The van der Waals surface area contributed by atoms with Crippen molar-refractivity contribution in [3.05, 3.63) is 29.3 Å². The number of carbonyl (C=O) groups is 1. The zero-order valence-corrected chi connectivity index (χ0v) is 8.34. The predicted octanol–water partition coefficient (Wildman–Crippen LogP) is 1.79. The molecule has 0 aromatic heterocycles. The Morgan fingerprint density at radius 2 is 2.07 bits per heavy atom. The predicted molar refractivity (Wildman–Crippen MR) is 52.7 cm³/mol. The molecule has 1 aliphatic carbocycles. The van der Waals surface area contributed by atoms with Crippen LogP contribution in [0.25, 0.3) is 0 Å². The van der Waals surface area contributed by atoms with Crippen molar-refractivity contribution in [1.82, 2.24) is 0 Å². The molecule has 0 spiro atoms. The van der Waals surface area contributed by atoms with Crippen molar-refractivity contribution in [1.29, 1.82) is 0 Å². The highest BCUT2D eigenvalue weighted by molar-refractivity contribution is 7.79. The molecule has 0 radical (unpaired) electrons. The molecule has 1 atom stereocenters. The highest BCUT2D eigenvalue weighted by atomic mass is 32.2. The SMILES string of the molecule is O=C1CCCc2cc(S(=O)O)ccc21. The molecule has 0 heterocycles. The molecule has 0 fully saturated rings. The summed E-state index contributed by atoms with van der Waals surface area (Å²) in [7, 11) is 0. The van der Waals surface area contributed by atoms with Crippen molar-refractivity contribution in [2.45, 2.75) is 24.2 Å². The van der Waals surface area contributed by atoms with Crippen molar-refractivity contribution >= 4 is 16.9 Å². The number of benzene rings is 1. The van der Waals surface area contributed by atoms with Gasteiger partial charge in [0.15, 0.2) is 16.9 Å². The van der Waals surface area contributed by atoms with Crippen LogP contribution in [0.15, 0.2) is 23.1 Å². The van der Waals surface area contributed by atoms with E-state index in [1.54, 1.807) is 12.1 Å². The topological polar surface area (TPSA) is 54.4 Å². The molecule has 14 heavy (non-hydrogen) atoms. The Hall–Kier alpha value is -1.00. The molecule has 1 N–H and O–H groups in total. The van der Waals surface area contributed by atoms with Crippen LogP contribution < -0.4 is 0 Å². The Morgan fingerprint density at radius 3 is 2.79 bits per heavy atom. The zero-order valence-electron chi connectivity index (χ0n) is 7.53. The lowest BCUT2D eigenvalue weighted by atomic mass is 9.91. The van der Waals surface area contributed by atoms with E-state index < -0.39 is 11.1 Å². The van der Waals surface area contributed by atoms with Gasteiger partial charge in [0.2, 0.25) is 0 Å². The first-order chi connectivity index (χ1) is 6.68. The fraction of sp³-hybridized carbons (Fsp3) is 0.300. The molecular formula is C10H10O3S. The summed E-state index contributed by atoms with van der Waals surface area (Å²) < 4.78 is 19.7. The molecule has 1 aliphatic rings. The first-order valence-electron chi connectivity index (χ1n) is 4.45. The van der Waals surface area contributed by atoms with Crippen molar-refractivity contribution < 1.29 is 13.6 Å². The van der Waals surface area contributed by atoms with E-state index in [1.807, 2.05) is 0 Å². The summed E-state index contributed by atoms with van der Waals surface area (Å²) in [4.78, 5) is 11.8. The first-order valence-corrected chi connectivity index (χ1v) is 5.56. The molecule has 2 rings (SSSR count). The Kier molecular flexibility index (Phi) is 2.48. The van der Waals surface area contributed by atoms with Gasteiger partial charge in [-0.25, -0.2) is 4.21 Å². The Labute approximate surface area is 84.4 Å². The van der Waals surface area contributed by atoms with Gasteiger partial charge in [0.1, 0.15) is 0 Å². The van der Waals surface area contributed by atoms with Crippen LogP contribution in [0.3, 0.4) is 0 Å². The summed E-state index contributed by atoms with van der Waals surface area (Å²) in [6, 6.07) is 4.85. The van der Waals surface area contributed by atoms with E-state index in [-0.39, 0.29) is 5.78 Å². The molecule has 0 saturated heterocycles. The number of aryl methyl sites for hydroxylation is 1. The highest BCUT2D eigenvalue weighted by Gasteiger charge is 2.17. The quantitative estimate of drug-likeness (QED) is 0.719. The minimum atomic E-state index is -1.95. The van der Waals surface area contributed by atoms with Gasteiger partial charge in [0, 0.05) is 12.0 Å². The maximum Gasteiger partial charge on any atom is 0.186 e. The minimum absolute atomic E-state index is 0.140. The summed E-state index contributed by atoms with van der Waals surface area (Å²) in [6.07, 6.45) is 2.26. The number of carbonyl (C=O) groups excluding carboxylic acids is 1. The highest BCUT2D eigenvalue weighted by Crippen LogP contribution is 2.23. The van der Waals surface area contributed by atoms with Gasteiger partial charge in [-0.15, -0.1) is 0 Å². The number of rotatable bonds is 1. The van der Waals surface area contributed by atoms with Crippen LogP contribution >= 0.6 is 0 Å². The van der Waals surface area contributed by atoms with Crippen LogP contribution in [0.1, 0.15) is 28.8 Å². The van der Waals surface area contributed by atoms with Crippen LogP contribution in [0.2, 0.25) is 0 Å². The maximum absolute atomic E-state index is 11.4. The Bertz CT molecular complexity index is 412. The number of hydrogen-bond acceptors (Lipinski definition) is 2. The maximum atomic E-state index is 11.4. The molecule has 1 aromatic rings. The lowest BCUT2D eigenvalue weighted by Gasteiger charge is -2.14. The second-order valence-corrected chi connectivity index (χ2v) is 4.31. The molecule has 0 saturated carbocycles. The van der Waals surface area contributed by atoms with E-state index >= 15 is 0 Å². The minimum Gasteiger partial charge on any atom is -0.302 e. The molecule has 0 aliphatic heterocycles. The zero-order chi connectivity index (χ0) is 10.1. The van der Waals surface area contributed by atoms with E-state index in [0.29, 0.717) is 16.9 Å². The van der Waals surface area contributed by atoms with Gasteiger partial charge in [0.25, 0.3) is 0 Å². The van der Waals surface area contributed by atoms with Crippen LogP contribution in [-0.2, 0) is 17.5 Å². The molecule has 0 amide bonds. The van der Waals surface area contributed by atoms with Gasteiger partial charge >= 0.3 is 0 Å². The lowest BCUT2D eigenvalue weighted by molar-refractivity contribution is 0.0972. The van der Waals surface area contributed by atoms with Gasteiger partial charge in [-0.2, -0.15) is 0 Å². The van der Waals surface area contributed by atoms with Gasteiger partial charge in [-0.3, -0.25) is 4.79 Å². The van der Waals surface area contributed by atoms with Gasteiger partial charge in [-0.05, 0) is 36.6 Å². The first kappa shape index (κ1) is 9.55. The molecule has 4 heteroatoms. The summed E-state index contributed by atoms with van der Waals surface area (Å²) in [5.74, 6) is 0.140. The van der Waals surface area contributed by atoms with E-state index in [4.69, 9.17) is 4.55 Å². The van der Waals surface area contributed by atoms with Crippen molar-refractivity contribution in [3.8, 4) is 0 Å². The van der Waals surface area contributed by atoms with Crippen LogP contribution in [0.5, 0.6) is 0 Å². The summed E-state index contributed by atoms with van der Waals surface area (Å²) in [5, 5.41) is 0. The molecule has 3 nitrogen and oxygen atoms in total. The largest absolute Gasteiger partial charge is 0.302 e. The normalized spacial score (nSPS) is 17.6. The molecule has 1 unspecified atom stereocenters. The smallest absolute Gasteiger partial charge is 0.186 e. The van der Waals surface area contributed by atoms with E-state index in [0.717, 1.165) is 18.4 Å². The summed E-state index contributed by atoms with van der Waals surface area (Å²) in [6.45, 7) is 0. The Morgan fingerprint density at radius 1 is 1.29 bits per heavy atom. The third-order valence-electron chi connectivity index (χ3n) is 2.43. The molecular weight excluding hydrogens is 200 g/mol. The molecule has 1 aromatic carbocycles. The van der Waals surface area contributed by atoms with Crippen LogP contribution in [0.4, 0.5) is 0 Å². The lowest BCUT2D eigenvalue weighted by Crippen LogP contribution is -2.11. The average molecular weight is 210 g/mol. The van der Waals surface area contributed by atoms with Gasteiger partial charge in [-0.1, -0.05) is 0 Å². The molecule has 74 valence electrons. The summed E-state index contributed by atoms with van der Waals surface area (Å²) in [5.41, 5.74) is 1.62. The van der Waals surface area contributed by atoms with E-state index in [1.165, 1.54) is 6.07 Å². The third kappa shape index (κ3) is 1.63. The number of ketones is 1. The Balaban J connectivity index is 2.49. The van der Waals surface area contributed by atoms with Crippen LogP contribution in [-0.4, -0.2) is 14.5 Å². The van der Waals surface area contributed by atoms with Gasteiger partial charge < -0.3 is 4.55 Å².